The highest BCUT2D eigenvalue weighted by molar-refractivity contribution is 6.35. The van der Waals surface area contributed by atoms with E-state index in [1.54, 1.807) is 14.1 Å². The van der Waals surface area contributed by atoms with Crippen molar-refractivity contribution in [1.82, 2.24) is 15.1 Å². The van der Waals surface area contributed by atoms with E-state index in [-0.39, 0.29) is 19.0 Å². The molecule has 0 aromatic rings. The van der Waals surface area contributed by atoms with Crippen LogP contribution in [0, 0.1) is 0 Å². The van der Waals surface area contributed by atoms with E-state index in [0.29, 0.717) is 13.0 Å². The van der Waals surface area contributed by atoms with Crippen LogP contribution in [0.15, 0.2) is 0 Å². The van der Waals surface area contributed by atoms with Gasteiger partial charge in [0, 0.05) is 33.7 Å². The average Bonchev–Trinajstić information content (AvgIpc) is 2.82. The second kappa shape index (κ2) is 6.34. The fraction of sp³-hybridized carbons (Fsp3) is 0.727. The van der Waals surface area contributed by atoms with E-state index < -0.39 is 17.9 Å². The van der Waals surface area contributed by atoms with Gasteiger partial charge in [-0.1, -0.05) is 0 Å². The lowest BCUT2D eigenvalue weighted by atomic mass is 10.2. The molecule has 0 radical (unpaired) electrons. The normalized spacial score (nSPS) is 18.6. The molecule has 0 bridgehead atoms. The largest absolute Gasteiger partial charge is 0.347 e. The number of carbonyl (C=O) groups is 3. The van der Waals surface area contributed by atoms with E-state index in [0.717, 1.165) is 6.42 Å². The molecule has 3 amide bonds. The third-order valence-electron chi connectivity index (χ3n) is 2.86. The SMILES string of the molecule is CN(C)C(=O)C1CCCN1C(=O)C(=O)NCCN. The van der Waals surface area contributed by atoms with Gasteiger partial charge in [0.2, 0.25) is 5.91 Å². The summed E-state index contributed by atoms with van der Waals surface area (Å²) in [6.07, 6.45) is 1.34. The van der Waals surface area contributed by atoms with Gasteiger partial charge in [-0.2, -0.15) is 0 Å². The molecule has 1 heterocycles. The van der Waals surface area contributed by atoms with Crippen LogP contribution in [0.25, 0.3) is 0 Å². The Morgan fingerprint density at radius 3 is 2.61 bits per heavy atom. The molecule has 1 saturated heterocycles. The van der Waals surface area contributed by atoms with E-state index in [9.17, 15) is 14.4 Å². The van der Waals surface area contributed by atoms with Gasteiger partial charge in [-0.3, -0.25) is 14.4 Å². The molecule has 18 heavy (non-hydrogen) atoms. The van der Waals surface area contributed by atoms with Gasteiger partial charge in [-0.05, 0) is 12.8 Å². The summed E-state index contributed by atoms with van der Waals surface area (Å²) in [4.78, 5) is 38.1. The summed E-state index contributed by atoms with van der Waals surface area (Å²) in [6.45, 7) is 0.975. The van der Waals surface area contributed by atoms with Gasteiger partial charge in [-0.15, -0.1) is 0 Å². The summed E-state index contributed by atoms with van der Waals surface area (Å²) < 4.78 is 0. The van der Waals surface area contributed by atoms with Crippen molar-refractivity contribution in [2.45, 2.75) is 18.9 Å². The van der Waals surface area contributed by atoms with Crippen LogP contribution < -0.4 is 11.1 Å². The fourth-order valence-corrected chi connectivity index (χ4v) is 1.96. The van der Waals surface area contributed by atoms with Crippen LogP contribution in [-0.4, -0.2) is 67.3 Å². The first-order valence-corrected chi connectivity index (χ1v) is 5.99. The molecule has 1 rings (SSSR count). The van der Waals surface area contributed by atoms with Gasteiger partial charge in [-0.25, -0.2) is 0 Å². The predicted octanol–water partition coefficient (Wildman–Crippen LogP) is -1.86. The molecule has 1 fully saturated rings. The molecule has 1 unspecified atom stereocenters. The number of rotatable bonds is 3. The van der Waals surface area contributed by atoms with Crippen molar-refractivity contribution >= 4 is 17.7 Å². The van der Waals surface area contributed by atoms with Crippen LogP contribution in [0.3, 0.4) is 0 Å². The molecule has 0 aromatic heterocycles. The first-order valence-electron chi connectivity index (χ1n) is 5.99. The van der Waals surface area contributed by atoms with Crippen LogP contribution in [0.4, 0.5) is 0 Å². The maximum atomic E-state index is 11.9. The second-order valence-corrected chi connectivity index (χ2v) is 4.43. The predicted molar refractivity (Wildman–Crippen MR) is 65.5 cm³/mol. The molecule has 1 aliphatic heterocycles. The number of hydrogen-bond donors (Lipinski definition) is 2. The summed E-state index contributed by atoms with van der Waals surface area (Å²) >= 11 is 0. The Hall–Kier alpha value is -1.63. The molecule has 0 spiro atoms. The van der Waals surface area contributed by atoms with E-state index in [1.165, 1.54) is 9.80 Å². The van der Waals surface area contributed by atoms with Crippen molar-refractivity contribution in [2.24, 2.45) is 5.73 Å². The minimum absolute atomic E-state index is 0.146. The van der Waals surface area contributed by atoms with Gasteiger partial charge < -0.3 is 20.9 Å². The molecule has 3 N–H and O–H groups in total. The third kappa shape index (κ3) is 3.19. The van der Waals surface area contributed by atoms with Crippen LogP contribution in [0.2, 0.25) is 0 Å². The van der Waals surface area contributed by atoms with Crippen molar-refractivity contribution < 1.29 is 14.4 Å². The second-order valence-electron chi connectivity index (χ2n) is 4.43. The average molecular weight is 256 g/mol. The zero-order valence-corrected chi connectivity index (χ0v) is 10.8. The number of nitrogens with one attached hydrogen (secondary N) is 1. The summed E-state index contributed by atoms with van der Waals surface area (Å²) in [7, 11) is 3.27. The maximum Gasteiger partial charge on any atom is 0.312 e. The molecule has 1 aliphatic rings. The Morgan fingerprint density at radius 2 is 2.06 bits per heavy atom. The number of hydrogen-bond acceptors (Lipinski definition) is 4. The Balaban J connectivity index is 2.66. The lowest BCUT2D eigenvalue weighted by Gasteiger charge is -2.25. The Labute approximate surface area is 106 Å². The molecular weight excluding hydrogens is 236 g/mol. The quantitative estimate of drug-likeness (QED) is 0.579. The Morgan fingerprint density at radius 1 is 1.39 bits per heavy atom. The monoisotopic (exact) mass is 256 g/mol. The number of nitrogens with zero attached hydrogens (tertiary/aromatic N) is 2. The standard InChI is InChI=1S/C11H20N4O3/c1-14(2)10(17)8-4-3-7-15(8)11(18)9(16)13-6-5-12/h8H,3-7,12H2,1-2H3,(H,13,16). The highest BCUT2D eigenvalue weighted by Gasteiger charge is 2.37. The molecule has 1 atom stereocenters. The number of amides is 3. The Bertz CT molecular complexity index is 343. The fourth-order valence-electron chi connectivity index (χ4n) is 1.96. The molecule has 0 aromatic carbocycles. The minimum Gasteiger partial charge on any atom is -0.347 e. The zero-order chi connectivity index (χ0) is 13.7. The first kappa shape index (κ1) is 14.4. The van der Waals surface area contributed by atoms with Crippen LogP contribution in [-0.2, 0) is 14.4 Å². The first-order chi connectivity index (χ1) is 8.49. The maximum absolute atomic E-state index is 11.9. The molecular formula is C11H20N4O3. The molecule has 102 valence electrons. The van der Waals surface area contributed by atoms with Crippen molar-refractivity contribution in [2.75, 3.05) is 33.7 Å². The lowest BCUT2D eigenvalue weighted by Crippen LogP contribution is -2.50. The van der Waals surface area contributed by atoms with Gasteiger partial charge in [0.1, 0.15) is 6.04 Å². The summed E-state index contributed by atoms with van der Waals surface area (Å²) in [5, 5.41) is 2.42. The van der Waals surface area contributed by atoms with Crippen molar-refractivity contribution in [3.8, 4) is 0 Å². The number of carbonyl (C=O) groups excluding carboxylic acids is 3. The van der Waals surface area contributed by atoms with Gasteiger partial charge >= 0.3 is 11.8 Å². The van der Waals surface area contributed by atoms with Crippen molar-refractivity contribution in [1.29, 1.82) is 0 Å². The van der Waals surface area contributed by atoms with E-state index in [1.807, 2.05) is 0 Å². The van der Waals surface area contributed by atoms with E-state index >= 15 is 0 Å². The van der Waals surface area contributed by atoms with Crippen LogP contribution >= 0.6 is 0 Å². The van der Waals surface area contributed by atoms with Crippen LogP contribution in [0.5, 0.6) is 0 Å². The topological polar surface area (TPSA) is 95.7 Å². The lowest BCUT2D eigenvalue weighted by molar-refractivity contribution is -0.149. The number of nitrogens with two attached hydrogens (primary N) is 1. The summed E-state index contributed by atoms with van der Waals surface area (Å²) in [6, 6.07) is -0.517. The third-order valence-corrected chi connectivity index (χ3v) is 2.86. The molecule has 0 saturated carbocycles. The summed E-state index contributed by atoms with van der Waals surface area (Å²) in [5.41, 5.74) is 5.25. The van der Waals surface area contributed by atoms with Gasteiger partial charge in [0.15, 0.2) is 0 Å². The Kier molecular flexibility index (Phi) is 5.08. The van der Waals surface area contributed by atoms with E-state index in [4.69, 9.17) is 5.73 Å². The molecule has 0 aliphatic carbocycles. The van der Waals surface area contributed by atoms with Gasteiger partial charge in [0.25, 0.3) is 0 Å². The van der Waals surface area contributed by atoms with Crippen molar-refractivity contribution in [3.05, 3.63) is 0 Å². The highest BCUT2D eigenvalue weighted by atomic mass is 16.2. The van der Waals surface area contributed by atoms with Crippen molar-refractivity contribution in [3.63, 3.8) is 0 Å². The number of likely N-dealkylation sites (tertiary alicyclic amines) is 1. The van der Waals surface area contributed by atoms with E-state index in [2.05, 4.69) is 5.32 Å². The number of likely N-dealkylation sites (N-methyl/N-ethyl adjacent to an activating group) is 1. The minimum atomic E-state index is -0.695. The highest BCUT2D eigenvalue weighted by Crippen LogP contribution is 2.18. The zero-order valence-electron chi connectivity index (χ0n) is 10.8. The smallest absolute Gasteiger partial charge is 0.312 e. The molecule has 7 heteroatoms. The molecule has 7 nitrogen and oxygen atoms in total. The van der Waals surface area contributed by atoms with Gasteiger partial charge in [0.05, 0.1) is 0 Å². The van der Waals surface area contributed by atoms with Crippen LogP contribution in [0.1, 0.15) is 12.8 Å². The summed E-state index contributed by atoms with van der Waals surface area (Å²) in [5.74, 6) is -1.49.